The van der Waals surface area contributed by atoms with E-state index in [2.05, 4.69) is 33.2 Å². The Balaban J connectivity index is 1.67. The second kappa shape index (κ2) is 8.76. The molecule has 0 unspecified atom stereocenters. The third-order valence-corrected chi connectivity index (χ3v) is 4.08. The third kappa shape index (κ3) is 5.74. The number of urea groups is 1. The molecule has 23 heavy (non-hydrogen) atoms. The van der Waals surface area contributed by atoms with E-state index in [0.717, 1.165) is 32.6 Å². The van der Waals surface area contributed by atoms with Crippen LogP contribution in [-0.2, 0) is 0 Å². The zero-order chi connectivity index (χ0) is 16.7. The first-order valence-corrected chi connectivity index (χ1v) is 8.63. The number of hydrogen-bond donors (Lipinski definition) is 2. The second-order valence-corrected chi connectivity index (χ2v) is 6.56. The van der Waals surface area contributed by atoms with Crippen LogP contribution in [0.25, 0.3) is 0 Å². The van der Waals surface area contributed by atoms with Crippen molar-refractivity contribution in [2.24, 2.45) is 0 Å². The van der Waals surface area contributed by atoms with Crippen LogP contribution in [0.3, 0.4) is 0 Å². The van der Waals surface area contributed by atoms with Crippen LogP contribution in [0.4, 0.5) is 10.5 Å². The molecule has 0 aliphatic carbocycles. The van der Waals surface area contributed by atoms with Crippen molar-refractivity contribution in [2.45, 2.75) is 20.3 Å². The van der Waals surface area contributed by atoms with Crippen LogP contribution in [0.15, 0.2) is 42.5 Å². The van der Waals surface area contributed by atoms with Crippen LogP contribution in [0.2, 0.25) is 0 Å². The lowest BCUT2D eigenvalue weighted by Gasteiger charge is -2.12. The van der Waals surface area contributed by atoms with Gasteiger partial charge in [-0.3, -0.25) is 0 Å². The van der Waals surface area contributed by atoms with E-state index in [1.165, 1.54) is 0 Å². The predicted molar refractivity (Wildman–Crippen MR) is 102 cm³/mol. The minimum absolute atomic E-state index is 0.196. The van der Waals surface area contributed by atoms with E-state index in [9.17, 15) is 4.79 Å². The lowest BCUT2D eigenvalue weighted by molar-refractivity contribution is 0.250. The van der Waals surface area contributed by atoms with Gasteiger partial charge in [-0.1, -0.05) is 18.2 Å². The molecule has 5 heteroatoms. The Bertz CT molecular complexity index is 636. The minimum atomic E-state index is -0.196. The van der Waals surface area contributed by atoms with Crippen LogP contribution >= 0.6 is 22.6 Å². The number of carbonyl (C=O) groups is 1. The molecule has 0 aliphatic rings. The summed E-state index contributed by atoms with van der Waals surface area (Å²) in [4.78, 5) is 11.8. The number of nitrogens with one attached hydrogen (secondary N) is 2. The Kier molecular flexibility index (Phi) is 6.70. The van der Waals surface area contributed by atoms with E-state index >= 15 is 0 Å². The first-order chi connectivity index (χ1) is 11.1. The Labute approximate surface area is 150 Å². The first kappa shape index (κ1) is 17.6. The zero-order valence-electron chi connectivity index (χ0n) is 13.4. The maximum atomic E-state index is 11.8. The molecule has 122 valence electrons. The van der Waals surface area contributed by atoms with Gasteiger partial charge in [0.05, 0.1) is 6.61 Å². The van der Waals surface area contributed by atoms with E-state index in [1.54, 1.807) is 0 Å². The number of anilines is 1. The van der Waals surface area contributed by atoms with Crippen molar-refractivity contribution in [3.63, 3.8) is 0 Å². The van der Waals surface area contributed by atoms with Gasteiger partial charge < -0.3 is 15.4 Å². The summed E-state index contributed by atoms with van der Waals surface area (Å²) >= 11 is 2.23. The summed E-state index contributed by atoms with van der Waals surface area (Å²) in [6.07, 6.45) is 0.758. The number of ether oxygens (including phenoxy) is 1. The molecule has 0 aromatic heterocycles. The molecule has 0 aliphatic heterocycles. The Morgan fingerprint density at radius 1 is 1.09 bits per heavy atom. The molecular weight excluding hydrogens is 403 g/mol. The van der Waals surface area contributed by atoms with Gasteiger partial charge in [0.1, 0.15) is 5.75 Å². The van der Waals surface area contributed by atoms with Gasteiger partial charge in [-0.2, -0.15) is 0 Å². The van der Waals surface area contributed by atoms with Crippen molar-refractivity contribution in [1.82, 2.24) is 5.32 Å². The molecular formula is C18H21IN2O2. The maximum absolute atomic E-state index is 11.8. The number of halogens is 1. The molecule has 2 aromatic carbocycles. The Morgan fingerprint density at radius 3 is 2.39 bits per heavy atom. The smallest absolute Gasteiger partial charge is 0.319 e. The predicted octanol–water partition coefficient (Wildman–Crippen LogP) is 4.50. The van der Waals surface area contributed by atoms with Crippen molar-refractivity contribution in [3.05, 3.63) is 57.2 Å². The van der Waals surface area contributed by atoms with Gasteiger partial charge >= 0.3 is 6.03 Å². The van der Waals surface area contributed by atoms with Crippen LogP contribution < -0.4 is 15.4 Å². The van der Waals surface area contributed by atoms with Gasteiger partial charge in [0.2, 0.25) is 0 Å². The molecule has 2 amide bonds. The maximum Gasteiger partial charge on any atom is 0.319 e. The quantitative estimate of drug-likeness (QED) is 0.530. The van der Waals surface area contributed by atoms with Crippen LogP contribution in [0.5, 0.6) is 5.75 Å². The summed E-state index contributed by atoms with van der Waals surface area (Å²) in [7, 11) is 0. The summed E-state index contributed by atoms with van der Waals surface area (Å²) in [6, 6.07) is 13.6. The van der Waals surface area contributed by atoms with Gasteiger partial charge in [0.15, 0.2) is 0 Å². The minimum Gasteiger partial charge on any atom is -0.493 e. The Hall–Kier alpha value is -1.76. The van der Waals surface area contributed by atoms with Crippen LogP contribution in [-0.4, -0.2) is 19.2 Å². The van der Waals surface area contributed by atoms with Crippen molar-refractivity contribution >= 4 is 34.3 Å². The molecule has 2 rings (SSSR count). The SMILES string of the molecule is Cc1cccc(C)c1OCCCNC(=O)Nc1ccc(I)cc1. The number of para-hydroxylation sites is 1. The Morgan fingerprint density at radius 2 is 1.74 bits per heavy atom. The van der Waals surface area contributed by atoms with Gasteiger partial charge in [-0.15, -0.1) is 0 Å². The highest BCUT2D eigenvalue weighted by Crippen LogP contribution is 2.22. The van der Waals surface area contributed by atoms with E-state index in [-0.39, 0.29) is 6.03 Å². The van der Waals surface area contributed by atoms with Crippen LogP contribution in [0.1, 0.15) is 17.5 Å². The largest absolute Gasteiger partial charge is 0.493 e. The molecule has 4 nitrogen and oxygen atoms in total. The zero-order valence-corrected chi connectivity index (χ0v) is 15.5. The van der Waals surface area contributed by atoms with E-state index in [1.807, 2.05) is 56.3 Å². The highest BCUT2D eigenvalue weighted by atomic mass is 127. The van der Waals surface area contributed by atoms with Crippen LogP contribution in [0, 0.1) is 17.4 Å². The fourth-order valence-electron chi connectivity index (χ4n) is 2.18. The summed E-state index contributed by atoms with van der Waals surface area (Å²) in [6.45, 7) is 5.22. The number of carbonyl (C=O) groups excluding carboxylic acids is 1. The number of rotatable bonds is 6. The number of benzene rings is 2. The molecule has 0 heterocycles. The molecule has 0 radical (unpaired) electrons. The lowest BCUT2D eigenvalue weighted by atomic mass is 10.1. The normalized spacial score (nSPS) is 10.2. The summed E-state index contributed by atoms with van der Waals surface area (Å²) in [5, 5.41) is 5.63. The standard InChI is InChI=1S/C18H21IN2O2/c1-13-5-3-6-14(2)17(13)23-12-4-11-20-18(22)21-16-9-7-15(19)8-10-16/h3,5-10H,4,11-12H2,1-2H3,(H2,20,21,22). The average Bonchev–Trinajstić information content (AvgIpc) is 2.52. The number of aryl methyl sites for hydroxylation is 2. The molecule has 0 atom stereocenters. The highest BCUT2D eigenvalue weighted by Gasteiger charge is 2.04. The molecule has 2 N–H and O–H groups in total. The summed E-state index contributed by atoms with van der Waals surface area (Å²) < 4.78 is 6.94. The molecule has 0 saturated carbocycles. The monoisotopic (exact) mass is 424 g/mol. The first-order valence-electron chi connectivity index (χ1n) is 7.55. The number of amides is 2. The van der Waals surface area contributed by atoms with Crippen molar-refractivity contribution in [1.29, 1.82) is 0 Å². The number of hydrogen-bond acceptors (Lipinski definition) is 2. The molecule has 0 fully saturated rings. The van der Waals surface area contributed by atoms with Gasteiger partial charge in [0.25, 0.3) is 0 Å². The lowest BCUT2D eigenvalue weighted by Crippen LogP contribution is -2.30. The van der Waals surface area contributed by atoms with E-state index in [0.29, 0.717) is 13.2 Å². The molecule has 2 aromatic rings. The van der Waals surface area contributed by atoms with Crippen molar-refractivity contribution < 1.29 is 9.53 Å². The highest BCUT2D eigenvalue weighted by molar-refractivity contribution is 14.1. The van der Waals surface area contributed by atoms with Gasteiger partial charge in [-0.05, 0) is 78.3 Å². The molecule has 0 saturated heterocycles. The topological polar surface area (TPSA) is 50.4 Å². The molecule has 0 bridgehead atoms. The summed E-state index contributed by atoms with van der Waals surface area (Å²) in [5.41, 5.74) is 3.05. The van der Waals surface area contributed by atoms with E-state index < -0.39 is 0 Å². The average molecular weight is 424 g/mol. The fraction of sp³-hybridized carbons (Fsp3) is 0.278. The van der Waals surface area contributed by atoms with Crippen molar-refractivity contribution in [3.8, 4) is 5.75 Å². The molecule has 0 spiro atoms. The third-order valence-electron chi connectivity index (χ3n) is 3.36. The second-order valence-electron chi connectivity index (χ2n) is 5.31. The van der Waals surface area contributed by atoms with Gasteiger partial charge in [0, 0.05) is 15.8 Å². The fourth-order valence-corrected chi connectivity index (χ4v) is 2.54. The van der Waals surface area contributed by atoms with E-state index in [4.69, 9.17) is 4.74 Å². The summed E-state index contributed by atoms with van der Waals surface area (Å²) in [5.74, 6) is 0.941. The van der Waals surface area contributed by atoms with Gasteiger partial charge in [-0.25, -0.2) is 4.79 Å². The van der Waals surface area contributed by atoms with Crippen molar-refractivity contribution in [2.75, 3.05) is 18.5 Å².